The highest BCUT2D eigenvalue weighted by Gasteiger charge is 2.16. The summed E-state index contributed by atoms with van der Waals surface area (Å²) in [5, 5.41) is 3.41. The van der Waals surface area contributed by atoms with Crippen molar-refractivity contribution in [2.24, 2.45) is 11.8 Å². The average molecular weight is 270 g/mol. The van der Waals surface area contributed by atoms with E-state index in [2.05, 4.69) is 10.3 Å². The molecule has 1 aromatic heterocycles. The number of rotatable bonds is 5. The molecule has 0 aliphatic heterocycles. The molecule has 6 nitrogen and oxygen atoms in total. The molecular formula is C11H18N4O2S. The molecule has 0 aliphatic carbocycles. The third-order valence-corrected chi connectivity index (χ3v) is 3.35. The van der Waals surface area contributed by atoms with Crippen LogP contribution in [0.4, 0.5) is 0 Å². The third kappa shape index (κ3) is 4.08. The summed E-state index contributed by atoms with van der Waals surface area (Å²) < 4.78 is 0. The van der Waals surface area contributed by atoms with Crippen LogP contribution in [0.5, 0.6) is 0 Å². The summed E-state index contributed by atoms with van der Waals surface area (Å²) in [5.41, 5.74) is 2.68. The van der Waals surface area contributed by atoms with Crippen molar-refractivity contribution in [2.45, 2.75) is 27.2 Å². The van der Waals surface area contributed by atoms with Gasteiger partial charge in [0.2, 0.25) is 5.91 Å². The van der Waals surface area contributed by atoms with Gasteiger partial charge in [0.15, 0.2) is 0 Å². The number of nitrogens with one attached hydrogen (secondary N) is 2. The topological polar surface area (TPSA) is 97.1 Å². The van der Waals surface area contributed by atoms with Crippen molar-refractivity contribution < 1.29 is 9.59 Å². The van der Waals surface area contributed by atoms with E-state index in [1.165, 1.54) is 11.3 Å². The zero-order valence-corrected chi connectivity index (χ0v) is 11.6. The van der Waals surface area contributed by atoms with E-state index in [1.54, 1.807) is 6.92 Å². The smallest absolute Gasteiger partial charge is 0.263 e. The molecule has 1 heterocycles. The number of nitrogens with two attached hydrogens (primary N) is 1. The highest BCUT2D eigenvalue weighted by atomic mass is 32.1. The number of hydrogen-bond donors (Lipinski definition) is 3. The first-order valence-electron chi connectivity index (χ1n) is 5.68. The maximum atomic E-state index is 11.9. The Bertz CT molecular complexity index is 442. The number of aromatic nitrogens is 1. The zero-order chi connectivity index (χ0) is 13.7. The predicted molar refractivity (Wildman–Crippen MR) is 70.1 cm³/mol. The lowest BCUT2D eigenvalue weighted by molar-refractivity contribution is -0.120. The van der Waals surface area contributed by atoms with Crippen LogP contribution in [0.2, 0.25) is 0 Å². The lowest BCUT2D eigenvalue weighted by Gasteiger charge is -2.05. The molecule has 7 heteroatoms. The molecule has 0 saturated heterocycles. The summed E-state index contributed by atoms with van der Waals surface area (Å²) in [6.07, 6.45) is 0.0967. The van der Waals surface area contributed by atoms with Crippen LogP contribution in [0.3, 0.4) is 0 Å². The molecule has 0 unspecified atom stereocenters. The maximum Gasteiger partial charge on any atom is 0.263 e. The Morgan fingerprint density at radius 2 is 2.11 bits per heavy atom. The van der Waals surface area contributed by atoms with Crippen LogP contribution in [0.15, 0.2) is 0 Å². The predicted octanol–water partition coefficient (Wildman–Crippen LogP) is 0.370. The van der Waals surface area contributed by atoms with Crippen LogP contribution in [0.25, 0.3) is 0 Å². The van der Waals surface area contributed by atoms with Gasteiger partial charge in [-0.05, 0) is 12.8 Å². The van der Waals surface area contributed by atoms with Crippen LogP contribution < -0.4 is 16.6 Å². The first kappa shape index (κ1) is 14.6. The Hall–Kier alpha value is -1.47. The Morgan fingerprint density at radius 1 is 1.44 bits per heavy atom. The van der Waals surface area contributed by atoms with Gasteiger partial charge in [-0.1, -0.05) is 13.8 Å². The number of thiazole rings is 1. The van der Waals surface area contributed by atoms with E-state index in [0.29, 0.717) is 28.0 Å². The molecule has 0 atom stereocenters. The van der Waals surface area contributed by atoms with Crippen molar-refractivity contribution in [1.82, 2.24) is 15.7 Å². The highest BCUT2D eigenvalue weighted by Crippen LogP contribution is 2.18. The Kier molecular flexibility index (Phi) is 5.24. The lowest BCUT2D eigenvalue weighted by atomic mass is 10.2. The average Bonchev–Trinajstić information content (AvgIpc) is 2.66. The number of nitrogens with zero attached hydrogens (tertiary/aromatic N) is 1. The summed E-state index contributed by atoms with van der Waals surface area (Å²) >= 11 is 1.22. The summed E-state index contributed by atoms with van der Waals surface area (Å²) in [6, 6.07) is 0. The van der Waals surface area contributed by atoms with Gasteiger partial charge >= 0.3 is 0 Å². The van der Waals surface area contributed by atoms with Crippen molar-refractivity contribution in [3.05, 3.63) is 15.6 Å². The van der Waals surface area contributed by atoms with E-state index < -0.39 is 0 Å². The van der Waals surface area contributed by atoms with Crippen molar-refractivity contribution in [3.8, 4) is 0 Å². The van der Waals surface area contributed by atoms with E-state index in [9.17, 15) is 9.59 Å². The van der Waals surface area contributed by atoms with Gasteiger partial charge in [0.1, 0.15) is 9.88 Å². The maximum absolute atomic E-state index is 11.9. The first-order valence-corrected chi connectivity index (χ1v) is 6.49. The Balaban J connectivity index is 2.71. The van der Waals surface area contributed by atoms with Crippen molar-refractivity contribution in [3.63, 3.8) is 0 Å². The quantitative estimate of drug-likeness (QED) is 0.409. The summed E-state index contributed by atoms with van der Waals surface area (Å²) in [4.78, 5) is 27.7. The zero-order valence-electron chi connectivity index (χ0n) is 10.7. The van der Waals surface area contributed by atoms with Crippen LogP contribution in [0.1, 0.15) is 34.2 Å². The number of hydrogen-bond acceptors (Lipinski definition) is 5. The fourth-order valence-electron chi connectivity index (χ4n) is 1.30. The largest absolute Gasteiger partial charge is 0.351 e. The molecule has 0 saturated carbocycles. The number of carbonyl (C=O) groups is 2. The van der Waals surface area contributed by atoms with Gasteiger partial charge in [-0.25, -0.2) is 10.8 Å². The molecule has 18 heavy (non-hydrogen) atoms. The summed E-state index contributed by atoms with van der Waals surface area (Å²) in [6.45, 7) is 6.42. The van der Waals surface area contributed by atoms with Crippen molar-refractivity contribution in [1.29, 1.82) is 0 Å². The molecule has 0 spiro atoms. The number of hydrazine groups is 1. The highest BCUT2D eigenvalue weighted by molar-refractivity contribution is 7.13. The van der Waals surface area contributed by atoms with E-state index in [-0.39, 0.29) is 18.2 Å². The molecule has 0 bridgehead atoms. The second-order valence-corrected chi connectivity index (χ2v) is 5.45. The van der Waals surface area contributed by atoms with Gasteiger partial charge in [-0.15, -0.1) is 11.3 Å². The van der Waals surface area contributed by atoms with E-state index >= 15 is 0 Å². The standard InChI is InChI=1S/C11H18N4O2S/c1-6(2)5-13-11(17)10-7(3)14-9(18-10)4-8(16)15-12/h6H,4-5,12H2,1-3H3,(H,13,17)(H,15,16). The first-order chi connectivity index (χ1) is 8.43. The number of carbonyl (C=O) groups excluding carboxylic acids is 2. The van der Waals surface area contributed by atoms with Gasteiger partial charge in [0.25, 0.3) is 5.91 Å². The second-order valence-electron chi connectivity index (χ2n) is 4.37. The van der Waals surface area contributed by atoms with Gasteiger partial charge in [-0.3, -0.25) is 15.0 Å². The van der Waals surface area contributed by atoms with Gasteiger partial charge < -0.3 is 5.32 Å². The van der Waals surface area contributed by atoms with E-state index in [0.717, 1.165) is 0 Å². The van der Waals surface area contributed by atoms with Gasteiger partial charge in [-0.2, -0.15) is 0 Å². The minimum absolute atomic E-state index is 0.0967. The van der Waals surface area contributed by atoms with E-state index in [1.807, 2.05) is 19.3 Å². The molecule has 1 aromatic rings. The molecule has 0 aromatic carbocycles. The van der Waals surface area contributed by atoms with Gasteiger partial charge in [0.05, 0.1) is 12.1 Å². The molecule has 0 radical (unpaired) electrons. The fourth-order valence-corrected chi connectivity index (χ4v) is 2.28. The van der Waals surface area contributed by atoms with Crippen LogP contribution >= 0.6 is 11.3 Å². The minimum atomic E-state index is -0.321. The molecule has 100 valence electrons. The van der Waals surface area contributed by atoms with E-state index in [4.69, 9.17) is 5.84 Å². The minimum Gasteiger partial charge on any atom is -0.351 e. The van der Waals surface area contributed by atoms with Gasteiger partial charge in [0, 0.05) is 6.54 Å². The van der Waals surface area contributed by atoms with Crippen molar-refractivity contribution in [2.75, 3.05) is 6.54 Å². The molecular weight excluding hydrogens is 252 g/mol. The molecule has 0 aliphatic rings. The third-order valence-electron chi connectivity index (χ3n) is 2.19. The SMILES string of the molecule is Cc1nc(CC(=O)NN)sc1C(=O)NCC(C)C. The second kappa shape index (κ2) is 6.46. The monoisotopic (exact) mass is 270 g/mol. The van der Waals surface area contributed by atoms with Crippen LogP contribution in [-0.4, -0.2) is 23.3 Å². The fraction of sp³-hybridized carbons (Fsp3) is 0.545. The van der Waals surface area contributed by atoms with Crippen LogP contribution in [-0.2, 0) is 11.2 Å². The summed E-state index contributed by atoms with van der Waals surface area (Å²) in [5.74, 6) is 4.93. The molecule has 1 rings (SSSR count). The summed E-state index contributed by atoms with van der Waals surface area (Å²) in [7, 11) is 0. The van der Waals surface area contributed by atoms with Crippen LogP contribution in [0, 0.1) is 12.8 Å². The van der Waals surface area contributed by atoms with Crippen molar-refractivity contribution >= 4 is 23.2 Å². The normalized spacial score (nSPS) is 10.5. The Labute approximate surface area is 110 Å². The molecule has 0 fully saturated rings. The molecule has 4 N–H and O–H groups in total. The lowest BCUT2D eigenvalue weighted by Crippen LogP contribution is -2.31. The number of aryl methyl sites for hydroxylation is 1. The number of amides is 2. The molecule has 2 amide bonds. The Morgan fingerprint density at radius 3 is 2.67 bits per heavy atom.